The minimum atomic E-state index is -0.0869. The van der Waals surface area contributed by atoms with Crippen molar-refractivity contribution < 1.29 is 4.79 Å². The summed E-state index contributed by atoms with van der Waals surface area (Å²) in [5.74, 6) is -0.0869. The molecular formula is C10H20N2O. The minimum absolute atomic E-state index is 0.0664. The Balaban J connectivity index is 4.15. The van der Waals surface area contributed by atoms with Crippen molar-refractivity contribution in [1.29, 1.82) is 0 Å². The van der Waals surface area contributed by atoms with Gasteiger partial charge in [-0.2, -0.15) is 0 Å². The standard InChI is InChI=1S/C10H20N2O/c1-8(9(13)11-5)7-12(6)10(2,3)4/h1,7H2,2-6H3,(H,11,13). The molecule has 0 saturated carbocycles. The molecule has 0 unspecified atom stereocenters. The van der Waals surface area contributed by atoms with Gasteiger partial charge in [0, 0.05) is 24.7 Å². The summed E-state index contributed by atoms with van der Waals surface area (Å²) in [5, 5.41) is 2.56. The minimum Gasteiger partial charge on any atom is -0.355 e. The normalized spacial score (nSPS) is 11.5. The fourth-order valence-electron chi connectivity index (χ4n) is 0.772. The van der Waals surface area contributed by atoms with Gasteiger partial charge < -0.3 is 5.32 Å². The average molecular weight is 184 g/mol. The number of carbonyl (C=O) groups excluding carboxylic acids is 1. The van der Waals surface area contributed by atoms with Crippen LogP contribution in [-0.4, -0.2) is 37.0 Å². The van der Waals surface area contributed by atoms with Gasteiger partial charge in [0.1, 0.15) is 0 Å². The van der Waals surface area contributed by atoms with Crippen LogP contribution < -0.4 is 5.32 Å². The molecule has 0 heterocycles. The van der Waals surface area contributed by atoms with E-state index in [1.807, 2.05) is 7.05 Å². The summed E-state index contributed by atoms with van der Waals surface area (Å²) < 4.78 is 0. The van der Waals surface area contributed by atoms with E-state index in [9.17, 15) is 4.79 Å². The molecule has 0 aromatic rings. The van der Waals surface area contributed by atoms with Gasteiger partial charge in [-0.05, 0) is 27.8 Å². The highest BCUT2D eigenvalue weighted by molar-refractivity contribution is 5.92. The quantitative estimate of drug-likeness (QED) is 0.664. The van der Waals surface area contributed by atoms with Crippen LogP contribution in [0.3, 0.4) is 0 Å². The van der Waals surface area contributed by atoms with E-state index in [1.54, 1.807) is 7.05 Å². The molecule has 0 fully saturated rings. The van der Waals surface area contributed by atoms with Gasteiger partial charge in [-0.1, -0.05) is 6.58 Å². The monoisotopic (exact) mass is 184 g/mol. The summed E-state index contributed by atoms with van der Waals surface area (Å²) in [6, 6.07) is 0. The van der Waals surface area contributed by atoms with Crippen molar-refractivity contribution >= 4 is 5.91 Å². The zero-order valence-electron chi connectivity index (χ0n) is 9.27. The predicted octanol–water partition coefficient (Wildman–Crippen LogP) is 1.02. The number of nitrogens with one attached hydrogen (secondary N) is 1. The molecule has 1 amide bonds. The Morgan fingerprint density at radius 2 is 1.92 bits per heavy atom. The summed E-state index contributed by atoms with van der Waals surface area (Å²) in [7, 11) is 3.60. The van der Waals surface area contributed by atoms with Crippen LogP contribution in [0.4, 0.5) is 0 Å². The molecule has 0 atom stereocenters. The largest absolute Gasteiger partial charge is 0.355 e. The van der Waals surface area contributed by atoms with E-state index in [-0.39, 0.29) is 11.4 Å². The number of amides is 1. The first-order chi connectivity index (χ1) is 5.79. The number of likely N-dealkylation sites (N-methyl/N-ethyl adjacent to an activating group) is 2. The van der Waals surface area contributed by atoms with Crippen LogP contribution in [0, 0.1) is 0 Å². The van der Waals surface area contributed by atoms with E-state index >= 15 is 0 Å². The summed E-state index contributed by atoms with van der Waals surface area (Å²) in [6.07, 6.45) is 0. The first kappa shape index (κ1) is 12.2. The second kappa shape index (κ2) is 4.42. The molecule has 0 aliphatic heterocycles. The van der Waals surface area contributed by atoms with E-state index < -0.39 is 0 Å². The van der Waals surface area contributed by atoms with Crippen molar-refractivity contribution in [3.8, 4) is 0 Å². The lowest BCUT2D eigenvalue weighted by Gasteiger charge is -2.32. The van der Waals surface area contributed by atoms with Crippen LogP contribution in [0.5, 0.6) is 0 Å². The third-order valence-corrected chi connectivity index (χ3v) is 2.12. The Morgan fingerprint density at radius 1 is 1.46 bits per heavy atom. The Kier molecular flexibility index (Phi) is 4.14. The highest BCUT2D eigenvalue weighted by Gasteiger charge is 2.18. The SMILES string of the molecule is C=C(CN(C)C(C)(C)C)C(=O)NC. The van der Waals surface area contributed by atoms with Gasteiger partial charge in [-0.15, -0.1) is 0 Å². The maximum absolute atomic E-state index is 11.1. The fourth-order valence-corrected chi connectivity index (χ4v) is 0.772. The van der Waals surface area contributed by atoms with Crippen LogP contribution in [-0.2, 0) is 4.79 Å². The number of hydrogen-bond acceptors (Lipinski definition) is 2. The van der Waals surface area contributed by atoms with Crippen LogP contribution in [0.2, 0.25) is 0 Å². The lowest BCUT2D eigenvalue weighted by Crippen LogP contribution is -2.41. The van der Waals surface area contributed by atoms with Gasteiger partial charge >= 0.3 is 0 Å². The van der Waals surface area contributed by atoms with E-state index in [2.05, 4.69) is 37.6 Å². The van der Waals surface area contributed by atoms with E-state index in [0.717, 1.165) is 0 Å². The summed E-state index contributed by atoms with van der Waals surface area (Å²) in [5.41, 5.74) is 0.664. The molecule has 0 aromatic heterocycles. The maximum Gasteiger partial charge on any atom is 0.247 e. The van der Waals surface area contributed by atoms with Crippen molar-refractivity contribution in [3.63, 3.8) is 0 Å². The molecule has 3 heteroatoms. The van der Waals surface area contributed by atoms with Crippen molar-refractivity contribution in [3.05, 3.63) is 12.2 Å². The number of rotatable bonds is 3. The van der Waals surface area contributed by atoms with Crippen molar-refractivity contribution in [2.75, 3.05) is 20.6 Å². The first-order valence-electron chi connectivity index (χ1n) is 4.40. The van der Waals surface area contributed by atoms with Gasteiger partial charge in [-0.3, -0.25) is 9.69 Å². The van der Waals surface area contributed by atoms with E-state index in [4.69, 9.17) is 0 Å². The fraction of sp³-hybridized carbons (Fsp3) is 0.700. The predicted molar refractivity (Wildman–Crippen MR) is 55.6 cm³/mol. The third kappa shape index (κ3) is 4.08. The molecular weight excluding hydrogens is 164 g/mol. The molecule has 0 aliphatic rings. The Morgan fingerprint density at radius 3 is 2.23 bits per heavy atom. The molecule has 0 spiro atoms. The highest BCUT2D eigenvalue weighted by atomic mass is 16.1. The smallest absolute Gasteiger partial charge is 0.247 e. The van der Waals surface area contributed by atoms with Crippen LogP contribution in [0.25, 0.3) is 0 Å². The van der Waals surface area contributed by atoms with Gasteiger partial charge in [0.15, 0.2) is 0 Å². The molecule has 0 bridgehead atoms. The molecule has 0 saturated heterocycles. The second-order valence-corrected chi connectivity index (χ2v) is 4.21. The zero-order valence-corrected chi connectivity index (χ0v) is 9.27. The topological polar surface area (TPSA) is 32.3 Å². The number of hydrogen-bond donors (Lipinski definition) is 1. The third-order valence-electron chi connectivity index (χ3n) is 2.12. The van der Waals surface area contributed by atoms with Crippen molar-refractivity contribution in [1.82, 2.24) is 10.2 Å². The molecule has 13 heavy (non-hydrogen) atoms. The Labute approximate surface area is 80.8 Å². The van der Waals surface area contributed by atoms with Gasteiger partial charge in [0.05, 0.1) is 0 Å². The Bertz CT molecular complexity index is 203. The summed E-state index contributed by atoms with van der Waals surface area (Å²) >= 11 is 0. The van der Waals surface area contributed by atoms with Gasteiger partial charge in [0.25, 0.3) is 0 Å². The molecule has 0 radical (unpaired) electrons. The maximum atomic E-state index is 11.1. The molecule has 3 nitrogen and oxygen atoms in total. The highest BCUT2D eigenvalue weighted by Crippen LogP contribution is 2.11. The van der Waals surface area contributed by atoms with Gasteiger partial charge in [-0.25, -0.2) is 0 Å². The molecule has 76 valence electrons. The second-order valence-electron chi connectivity index (χ2n) is 4.21. The van der Waals surface area contributed by atoms with Crippen LogP contribution >= 0.6 is 0 Å². The van der Waals surface area contributed by atoms with Crippen LogP contribution in [0.1, 0.15) is 20.8 Å². The summed E-state index contributed by atoms with van der Waals surface area (Å²) in [6.45, 7) is 10.6. The molecule has 1 N–H and O–H groups in total. The number of nitrogens with zero attached hydrogens (tertiary/aromatic N) is 1. The van der Waals surface area contributed by atoms with E-state index in [0.29, 0.717) is 12.1 Å². The van der Waals surface area contributed by atoms with Crippen molar-refractivity contribution in [2.45, 2.75) is 26.3 Å². The average Bonchev–Trinajstić information content (AvgIpc) is 2.01. The lowest BCUT2D eigenvalue weighted by molar-refractivity contribution is -0.117. The molecule has 0 rings (SSSR count). The van der Waals surface area contributed by atoms with Gasteiger partial charge in [0.2, 0.25) is 5.91 Å². The number of carbonyl (C=O) groups is 1. The molecule has 0 aliphatic carbocycles. The van der Waals surface area contributed by atoms with E-state index in [1.165, 1.54) is 0 Å². The summed E-state index contributed by atoms with van der Waals surface area (Å²) in [4.78, 5) is 13.2. The Hall–Kier alpha value is -0.830. The van der Waals surface area contributed by atoms with Crippen LogP contribution in [0.15, 0.2) is 12.2 Å². The lowest BCUT2D eigenvalue weighted by atomic mass is 10.1. The molecule has 0 aromatic carbocycles. The first-order valence-corrected chi connectivity index (χ1v) is 4.40. The van der Waals surface area contributed by atoms with Crippen molar-refractivity contribution in [2.24, 2.45) is 0 Å². The zero-order chi connectivity index (χ0) is 10.6.